The first kappa shape index (κ1) is 21.7. The van der Waals surface area contributed by atoms with Crippen LogP contribution in [0, 0.1) is 10.1 Å². The zero-order valence-corrected chi connectivity index (χ0v) is 17.9. The van der Waals surface area contributed by atoms with Crippen molar-refractivity contribution in [1.82, 2.24) is 9.80 Å². The van der Waals surface area contributed by atoms with Crippen LogP contribution < -0.4 is 0 Å². The SMILES string of the molecule is CCN(Cc1ccccc1)C1=C(c2ccc([N+](=O)[O-])cc2)C(=O)N(CC2CCCO2)C1=O. The number of benzene rings is 2. The molecule has 0 radical (unpaired) electrons. The number of likely N-dealkylation sites (N-methyl/N-ethyl adjacent to an activating group) is 1. The summed E-state index contributed by atoms with van der Waals surface area (Å²) in [4.78, 5) is 40.7. The first-order valence-electron chi connectivity index (χ1n) is 10.8. The molecular weight excluding hydrogens is 410 g/mol. The molecule has 1 fully saturated rings. The molecule has 2 aliphatic heterocycles. The molecule has 2 heterocycles. The lowest BCUT2D eigenvalue weighted by Gasteiger charge is -2.25. The molecule has 2 aromatic carbocycles. The molecule has 0 N–H and O–H groups in total. The first-order chi connectivity index (χ1) is 15.5. The van der Waals surface area contributed by atoms with E-state index in [-0.39, 0.29) is 35.7 Å². The van der Waals surface area contributed by atoms with E-state index in [0.717, 1.165) is 18.4 Å². The summed E-state index contributed by atoms with van der Waals surface area (Å²) in [6.07, 6.45) is 1.55. The number of carbonyl (C=O) groups is 2. The van der Waals surface area contributed by atoms with Crippen molar-refractivity contribution in [1.29, 1.82) is 0 Å². The summed E-state index contributed by atoms with van der Waals surface area (Å²) in [5.74, 6) is -0.738. The van der Waals surface area contributed by atoms with Crippen molar-refractivity contribution < 1.29 is 19.2 Å². The molecule has 8 heteroatoms. The Bertz CT molecular complexity index is 1040. The second kappa shape index (κ2) is 9.32. The molecule has 0 spiro atoms. The van der Waals surface area contributed by atoms with Crippen molar-refractivity contribution in [2.24, 2.45) is 0 Å². The third-order valence-corrected chi connectivity index (χ3v) is 5.83. The fourth-order valence-electron chi connectivity index (χ4n) is 4.18. The Morgan fingerprint density at radius 3 is 2.41 bits per heavy atom. The topological polar surface area (TPSA) is 93.0 Å². The van der Waals surface area contributed by atoms with Crippen LogP contribution in [0.15, 0.2) is 60.3 Å². The average molecular weight is 435 g/mol. The van der Waals surface area contributed by atoms with Crippen molar-refractivity contribution >= 4 is 23.1 Å². The summed E-state index contributed by atoms with van der Waals surface area (Å²) in [5.41, 5.74) is 2.04. The van der Waals surface area contributed by atoms with Gasteiger partial charge in [0, 0.05) is 31.8 Å². The van der Waals surface area contributed by atoms with Gasteiger partial charge in [0.25, 0.3) is 17.5 Å². The number of non-ortho nitro benzene ring substituents is 1. The highest BCUT2D eigenvalue weighted by molar-refractivity contribution is 6.35. The van der Waals surface area contributed by atoms with Crippen LogP contribution in [0.3, 0.4) is 0 Å². The van der Waals surface area contributed by atoms with Crippen LogP contribution in [-0.4, -0.2) is 52.3 Å². The van der Waals surface area contributed by atoms with Gasteiger partial charge >= 0.3 is 0 Å². The highest BCUT2D eigenvalue weighted by atomic mass is 16.6. The summed E-state index contributed by atoms with van der Waals surface area (Å²) in [7, 11) is 0. The zero-order chi connectivity index (χ0) is 22.7. The highest BCUT2D eigenvalue weighted by Gasteiger charge is 2.42. The molecule has 166 valence electrons. The van der Waals surface area contributed by atoms with E-state index in [1.807, 2.05) is 42.2 Å². The van der Waals surface area contributed by atoms with Gasteiger partial charge in [-0.15, -0.1) is 0 Å². The number of hydrogen-bond donors (Lipinski definition) is 0. The summed E-state index contributed by atoms with van der Waals surface area (Å²) in [6.45, 7) is 3.76. The van der Waals surface area contributed by atoms with Crippen LogP contribution in [0.1, 0.15) is 30.9 Å². The van der Waals surface area contributed by atoms with Crippen LogP contribution in [-0.2, 0) is 20.9 Å². The minimum atomic E-state index is -0.488. The molecule has 2 aromatic rings. The number of rotatable bonds is 8. The maximum absolute atomic E-state index is 13.5. The average Bonchev–Trinajstić information content (AvgIpc) is 3.40. The van der Waals surface area contributed by atoms with E-state index in [1.165, 1.54) is 29.2 Å². The van der Waals surface area contributed by atoms with E-state index in [1.54, 1.807) is 0 Å². The lowest BCUT2D eigenvalue weighted by molar-refractivity contribution is -0.384. The Morgan fingerprint density at radius 1 is 1.09 bits per heavy atom. The number of nitro groups is 1. The predicted octanol–water partition coefficient (Wildman–Crippen LogP) is 3.38. The normalized spacial score (nSPS) is 18.5. The van der Waals surface area contributed by atoms with E-state index >= 15 is 0 Å². The summed E-state index contributed by atoms with van der Waals surface area (Å²) >= 11 is 0. The van der Waals surface area contributed by atoms with E-state index in [9.17, 15) is 19.7 Å². The van der Waals surface area contributed by atoms with Gasteiger partial charge in [-0.2, -0.15) is 0 Å². The zero-order valence-electron chi connectivity index (χ0n) is 17.9. The van der Waals surface area contributed by atoms with Crippen LogP contribution >= 0.6 is 0 Å². The molecule has 32 heavy (non-hydrogen) atoms. The maximum Gasteiger partial charge on any atom is 0.277 e. The fourth-order valence-corrected chi connectivity index (χ4v) is 4.18. The third-order valence-electron chi connectivity index (χ3n) is 5.83. The molecule has 2 aliphatic rings. The quantitative estimate of drug-likeness (QED) is 0.359. The van der Waals surface area contributed by atoms with Gasteiger partial charge in [-0.25, -0.2) is 0 Å². The molecule has 1 atom stereocenters. The number of ether oxygens (including phenoxy) is 1. The van der Waals surface area contributed by atoms with Gasteiger partial charge in [0.1, 0.15) is 5.70 Å². The second-order valence-electron chi connectivity index (χ2n) is 7.88. The smallest absolute Gasteiger partial charge is 0.277 e. The van der Waals surface area contributed by atoms with Gasteiger partial charge in [-0.3, -0.25) is 24.6 Å². The molecule has 1 saturated heterocycles. The predicted molar refractivity (Wildman–Crippen MR) is 118 cm³/mol. The largest absolute Gasteiger partial charge is 0.376 e. The highest BCUT2D eigenvalue weighted by Crippen LogP contribution is 2.34. The fraction of sp³-hybridized carbons (Fsp3) is 0.333. The van der Waals surface area contributed by atoms with Gasteiger partial charge in [0.2, 0.25) is 0 Å². The van der Waals surface area contributed by atoms with Crippen LogP contribution in [0.25, 0.3) is 5.57 Å². The molecule has 2 amide bonds. The Morgan fingerprint density at radius 2 is 1.81 bits per heavy atom. The molecule has 0 bridgehead atoms. The van der Waals surface area contributed by atoms with E-state index in [4.69, 9.17) is 4.74 Å². The minimum Gasteiger partial charge on any atom is -0.376 e. The number of carbonyl (C=O) groups excluding carboxylic acids is 2. The van der Waals surface area contributed by atoms with Gasteiger partial charge in [-0.05, 0) is 43.0 Å². The number of imide groups is 1. The van der Waals surface area contributed by atoms with Gasteiger partial charge in [-0.1, -0.05) is 30.3 Å². The standard InChI is InChI=1S/C24H25N3O5/c1-2-25(15-17-7-4-3-5-8-17)22-21(18-10-12-19(13-11-18)27(30)31)23(28)26(24(22)29)16-20-9-6-14-32-20/h3-5,7-8,10-13,20H,2,6,9,14-16H2,1H3. The minimum absolute atomic E-state index is 0.0690. The Kier molecular flexibility index (Phi) is 6.32. The van der Waals surface area contributed by atoms with Crippen molar-refractivity contribution in [3.8, 4) is 0 Å². The van der Waals surface area contributed by atoms with E-state index < -0.39 is 4.92 Å². The number of nitrogens with zero attached hydrogens (tertiary/aromatic N) is 3. The summed E-state index contributed by atoms with van der Waals surface area (Å²) in [5, 5.41) is 11.1. The molecular formula is C24H25N3O5. The lowest BCUT2D eigenvalue weighted by atomic mass is 10.0. The number of hydrogen-bond acceptors (Lipinski definition) is 6. The number of nitro benzene ring substituents is 1. The van der Waals surface area contributed by atoms with Crippen LogP contribution in [0.2, 0.25) is 0 Å². The summed E-state index contributed by atoms with van der Waals surface area (Å²) in [6, 6.07) is 15.5. The molecule has 0 aromatic heterocycles. The van der Waals surface area contributed by atoms with Gasteiger partial charge in [0.15, 0.2) is 0 Å². The van der Waals surface area contributed by atoms with Crippen molar-refractivity contribution in [2.45, 2.75) is 32.4 Å². The lowest BCUT2D eigenvalue weighted by Crippen LogP contribution is -2.39. The Balaban J connectivity index is 1.73. The molecule has 4 rings (SSSR count). The maximum atomic E-state index is 13.5. The van der Waals surface area contributed by atoms with Crippen molar-refractivity contribution in [3.63, 3.8) is 0 Å². The Hall–Kier alpha value is -3.52. The molecule has 8 nitrogen and oxygen atoms in total. The molecule has 1 unspecified atom stereocenters. The van der Waals surface area contributed by atoms with E-state index in [2.05, 4.69) is 0 Å². The molecule has 0 aliphatic carbocycles. The van der Waals surface area contributed by atoms with Crippen LogP contribution in [0.4, 0.5) is 5.69 Å². The monoisotopic (exact) mass is 435 g/mol. The second-order valence-corrected chi connectivity index (χ2v) is 7.88. The van der Waals surface area contributed by atoms with Gasteiger partial charge < -0.3 is 9.64 Å². The number of amides is 2. The van der Waals surface area contributed by atoms with Crippen LogP contribution in [0.5, 0.6) is 0 Å². The molecule has 0 saturated carbocycles. The van der Waals surface area contributed by atoms with Crippen molar-refractivity contribution in [2.75, 3.05) is 19.7 Å². The first-order valence-corrected chi connectivity index (χ1v) is 10.8. The summed E-state index contributed by atoms with van der Waals surface area (Å²) < 4.78 is 5.66. The Labute approximate surface area is 186 Å². The van der Waals surface area contributed by atoms with Crippen molar-refractivity contribution in [3.05, 3.63) is 81.5 Å². The third kappa shape index (κ3) is 4.27. The van der Waals surface area contributed by atoms with Gasteiger partial charge in [0.05, 0.1) is 23.1 Å². The van der Waals surface area contributed by atoms with E-state index in [0.29, 0.717) is 31.0 Å².